The van der Waals surface area contributed by atoms with E-state index >= 15 is 0 Å². The Bertz CT molecular complexity index is 615. The Morgan fingerprint density at radius 1 is 1.26 bits per heavy atom. The molecule has 0 saturated carbocycles. The molecule has 3 nitrogen and oxygen atoms in total. The molecule has 0 spiro atoms. The van der Waals surface area contributed by atoms with Crippen LogP contribution in [0.1, 0.15) is 18.2 Å². The van der Waals surface area contributed by atoms with E-state index in [-0.39, 0.29) is 0 Å². The first-order valence-corrected chi connectivity index (χ1v) is 6.26. The molecule has 0 radical (unpaired) electrons. The zero-order chi connectivity index (χ0) is 13.6. The fraction of sp³-hybridized carbons (Fsp3) is 0.462. The number of fused-ring (bicyclic) bond motifs is 3. The molecule has 0 aliphatic carbocycles. The molecule has 0 unspecified atom stereocenters. The molecule has 1 aliphatic rings. The Hall–Kier alpha value is -1.56. The van der Waals surface area contributed by atoms with Crippen LogP contribution in [0.4, 0.5) is 13.2 Å². The number of pyridine rings is 1. The quantitative estimate of drug-likeness (QED) is 0.793. The topological polar surface area (TPSA) is 21.1 Å². The van der Waals surface area contributed by atoms with Gasteiger partial charge in [0.25, 0.3) is 0 Å². The lowest BCUT2D eigenvalue weighted by molar-refractivity contribution is -0.137. The van der Waals surface area contributed by atoms with E-state index in [0.717, 1.165) is 38.1 Å². The minimum absolute atomic E-state index is 0.572. The van der Waals surface area contributed by atoms with Crippen LogP contribution in [0, 0.1) is 0 Å². The monoisotopic (exact) mass is 269 g/mol. The van der Waals surface area contributed by atoms with Crippen LogP contribution in [-0.4, -0.2) is 27.5 Å². The first-order chi connectivity index (χ1) is 8.99. The van der Waals surface area contributed by atoms with E-state index in [4.69, 9.17) is 0 Å². The predicted molar refractivity (Wildman–Crippen MR) is 65.7 cm³/mol. The van der Waals surface area contributed by atoms with E-state index in [0.29, 0.717) is 11.0 Å². The van der Waals surface area contributed by atoms with Crippen LogP contribution < -0.4 is 0 Å². The van der Waals surface area contributed by atoms with E-state index in [1.165, 1.54) is 6.07 Å². The lowest BCUT2D eigenvalue weighted by Crippen LogP contribution is -2.33. The van der Waals surface area contributed by atoms with Crippen LogP contribution in [0.5, 0.6) is 0 Å². The number of hydrogen-bond acceptors (Lipinski definition) is 2. The Morgan fingerprint density at radius 3 is 2.74 bits per heavy atom. The third kappa shape index (κ3) is 2.10. The van der Waals surface area contributed by atoms with Gasteiger partial charge in [-0.2, -0.15) is 13.2 Å². The largest absolute Gasteiger partial charge is 0.417 e. The van der Waals surface area contributed by atoms with Crippen molar-refractivity contribution in [3.63, 3.8) is 0 Å². The first kappa shape index (κ1) is 12.5. The van der Waals surface area contributed by atoms with Crippen molar-refractivity contribution in [2.45, 2.75) is 26.2 Å². The fourth-order valence-corrected chi connectivity index (χ4v) is 2.55. The van der Waals surface area contributed by atoms with Crippen molar-refractivity contribution in [2.75, 3.05) is 13.1 Å². The lowest BCUT2D eigenvalue weighted by atomic mass is 10.2. The highest BCUT2D eigenvalue weighted by Gasteiger charge is 2.31. The van der Waals surface area contributed by atoms with Crippen LogP contribution >= 0.6 is 0 Å². The van der Waals surface area contributed by atoms with Gasteiger partial charge in [0.15, 0.2) is 0 Å². The zero-order valence-electron chi connectivity index (χ0n) is 10.5. The highest BCUT2D eigenvalue weighted by Crippen LogP contribution is 2.32. The standard InChI is InChI=1S/C13H14F3N3/c1-2-18-3-4-19-11(8-18)6-9-5-10(13(14,15)16)7-17-12(9)19/h5-7H,2-4,8H2,1H3. The summed E-state index contributed by atoms with van der Waals surface area (Å²) in [6.07, 6.45) is -3.42. The molecule has 19 heavy (non-hydrogen) atoms. The average Bonchev–Trinajstić information content (AvgIpc) is 2.73. The van der Waals surface area contributed by atoms with Gasteiger partial charge < -0.3 is 4.57 Å². The maximum Gasteiger partial charge on any atom is 0.417 e. The van der Waals surface area contributed by atoms with Crippen molar-refractivity contribution in [2.24, 2.45) is 0 Å². The van der Waals surface area contributed by atoms with Crippen LogP contribution in [0.25, 0.3) is 11.0 Å². The molecule has 2 aromatic rings. The van der Waals surface area contributed by atoms with E-state index in [1.54, 1.807) is 0 Å². The molecule has 0 aromatic carbocycles. The van der Waals surface area contributed by atoms with Crippen molar-refractivity contribution < 1.29 is 13.2 Å². The summed E-state index contributed by atoms with van der Waals surface area (Å²) in [5.41, 5.74) is 1.00. The molecule has 0 atom stereocenters. The molecule has 0 saturated heterocycles. The summed E-state index contributed by atoms with van der Waals surface area (Å²) < 4.78 is 40.0. The van der Waals surface area contributed by atoms with Gasteiger partial charge in [0.05, 0.1) is 5.56 Å². The van der Waals surface area contributed by atoms with Crippen molar-refractivity contribution in [3.05, 3.63) is 29.6 Å². The molecule has 6 heteroatoms. The normalized spacial score (nSPS) is 16.8. The molecule has 102 valence electrons. The Morgan fingerprint density at radius 2 is 2.05 bits per heavy atom. The van der Waals surface area contributed by atoms with Gasteiger partial charge in [-0.15, -0.1) is 0 Å². The molecule has 3 heterocycles. The van der Waals surface area contributed by atoms with Gasteiger partial charge >= 0.3 is 6.18 Å². The molecular formula is C13H14F3N3. The Kier molecular flexibility index (Phi) is 2.78. The van der Waals surface area contributed by atoms with Gasteiger partial charge in [-0.1, -0.05) is 6.92 Å². The number of alkyl halides is 3. The summed E-state index contributed by atoms with van der Waals surface area (Å²) >= 11 is 0. The summed E-state index contributed by atoms with van der Waals surface area (Å²) in [6, 6.07) is 3.00. The molecular weight excluding hydrogens is 255 g/mol. The first-order valence-electron chi connectivity index (χ1n) is 6.26. The van der Waals surface area contributed by atoms with Crippen LogP contribution in [0.2, 0.25) is 0 Å². The third-order valence-corrected chi connectivity index (χ3v) is 3.62. The van der Waals surface area contributed by atoms with E-state index < -0.39 is 11.7 Å². The van der Waals surface area contributed by atoms with Gasteiger partial charge in [0, 0.05) is 36.9 Å². The molecule has 0 amide bonds. The van der Waals surface area contributed by atoms with Gasteiger partial charge in [-0.3, -0.25) is 4.90 Å². The number of likely N-dealkylation sites (N-methyl/N-ethyl adjacent to an activating group) is 1. The third-order valence-electron chi connectivity index (χ3n) is 3.62. The number of nitrogens with zero attached hydrogens (tertiary/aromatic N) is 3. The van der Waals surface area contributed by atoms with Gasteiger partial charge in [-0.25, -0.2) is 4.98 Å². The fourth-order valence-electron chi connectivity index (χ4n) is 2.55. The number of halogens is 3. The predicted octanol–water partition coefficient (Wildman–Crippen LogP) is 2.89. The minimum Gasteiger partial charge on any atom is -0.327 e. The smallest absolute Gasteiger partial charge is 0.327 e. The number of rotatable bonds is 1. The zero-order valence-corrected chi connectivity index (χ0v) is 10.5. The van der Waals surface area contributed by atoms with E-state index in [2.05, 4.69) is 16.8 Å². The average molecular weight is 269 g/mol. The van der Waals surface area contributed by atoms with E-state index in [9.17, 15) is 13.2 Å². The highest BCUT2D eigenvalue weighted by molar-refractivity contribution is 5.78. The molecule has 2 aromatic heterocycles. The summed E-state index contributed by atoms with van der Waals surface area (Å²) in [5.74, 6) is 0. The maximum atomic E-state index is 12.7. The van der Waals surface area contributed by atoms with Crippen molar-refractivity contribution >= 4 is 11.0 Å². The number of aromatic nitrogens is 2. The second-order valence-electron chi connectivity index (χ2n) is 4.79. The second-order valence-corrected chi connectivity index (χ2v) is 4.79. The van der Waals surface area contributed by atoms with E-state index in [1.807, 2.05) is 10.6 Å². The van der Waals surface area contributed by atoms with Crippen LogP contribution in [-0.2, 0) is 19.3 Å². The van der Waals surface area contributed by atoms with Crippen LogP contribution in [0.15, 0.2) is 18.3 Å². The molecule has 0 N–H and O–H groups in total. The van der Waals surface area contributed by atoms with Gasteiger partial charge in [-0.05, 0) is 18.7 Å². The summed E-state index contributed by atoms with van der Waals surface area (Å²) in [5, 5.41) is 0.572. The SMILES string of the molecule is CCN1CCn2c(cc3cc(C(F)(F)F)cnc32)C1. The molecule has 0 bridgehead atoms. The molecule has 3 rings (SSSR count). The van der Waals surface area contributed by atoms with Crippen LogP contribution in [0.3, 0.4) is 0 Å². The maximum absolute atomic E-state index is 12.7. The Balaban J connectivity index is 2.08. The summed E-state index contributed by atoms with van der Waals surface area (Å²) in [4.78, 5) is 6.26. The lowest BCUT2D eigenvalue weighted by Gasteiger charge is -2.27. The van der Waals surface area contributed by atoms with Crippen molar-refractivity contribution in [3.8, 4) is 0 Å². The van der Waals surface area contributed by atoms with Gasteiger partial charge in [0.1, 0.15) is 5.65 Å². The Labute approximate surface area is 108 Å². The summed E-state index contributed by atoms with van der Waals surface area (Å²) in [7, 11) is 0. The van der Waals surface area contributed by atoms with Crippen molar-refractivity contribution in [1.82, 2.24) is 14.5 Å². The summed E-state index contributed by atoms with van der Waals surface area (Å²) in [6.45, 7) is 5.50. The highest BCUT2D eigenvalue weighted by atomic mass is 19.4. The van der Waals surface area contributed by atoms with Gasteiger partial charge in [0.2, 0.25) is 0 Å². The van der Waals surface area contributed by atoms with Crippen molar-refractivity contribution in [1.29, 1.82) is 0 Å². The molecule has 0 fully saturated rings. The number of hydrogen-bond donors (Lipinski definition) is 0. The second kappa shape index (κ2) is 4.23. The molecule has 1 aliphatic heterocycles. The minimum atomic E-state index is -4.33.